The third-order valence-electron chi connectivity index (χ3n) is 2.36. The van der Waals surface area contributed by atoms with Crippen molar-refractivity contribution in [3.63, 3.8) is 0 Å². The van der Waals surface area contributed by atoms with Crippen LogP contribution in [0.25, 0.3) is 0 Å². The largest absolute Gasteiger partial charge is 0.309 e. The second-order valence-corrected chi connectivity index (χ2v) is 5.41. The fourth-order valence-electron chi connectivity index (χ4n) is 0.889. The molecule has 0 amide bonds. The molecule has 0 saturated heterocycles. The zero-order valence-corrected chi connectivity index (χ0v) is 9.61. The molecule has 1 rings (SSSR count). The highest BCUT2D eigenvalue weighted by atomic mass is 32.1. The lowest BCUT2D eigenvalue weighted by atomic mass is 9.88. The SMILES string of the molecule is CC(NCc1cncs1)C(C)(C)C. The Kier molecular flexibility index (Phi) is 3.45. The van der Waals surface area contributed by atoms with Gasteiger partial charge in [0.2, 0.25) is 0 Å². The van der Waals surface area contributed by atoms with E-state index in [0.29, 0.717) is 11.5 Å². The Hall–Kier alpha value is -0.410. The smallest absolute Gasteiger partial charge is 0.0794 e. The molecule has 0 bridgehead atoms. The summed E-state index contributed by atoms with van der Waals surface area (Å²) in [5, 5.41) is 3.50. The molecule has 1 aromatic heterocycles. The number of thiazole rings is 1. The summed E-state index contributed by atoms with van der Waals surface area (Å²) >= 11 is 1.70. The summed E-state index contributed by atoms with van der Waals surface area (Å²) in [6.45, 7) is 9.90. The standard InChI is InChI=1S/C10H18N2S/c1-8(10(2,3)4)12-6-9-5-11-7-13-9/h5,7-8,12H,6H2,1-4H3. The van der Waals surface area contributed by atoms with Gasteiger partial charge in [0.05, 0.1) is 5.51 Å². The van der Waals surface area contributed by atoms with Gasteiger partial charge in [0.15, 0.2) is 0 Å². The summed E-state index contributed by atoms with van der Waals surface area (Å²) in [7, 11) is 0. The maximum absolute atomic E-state index is 4.04. The van der Waals surface area contributed by atoms with Crippen molar-refractivity contribution in [1.82, 2.24) is 10.3 Å². The van der Waals surface area contributed by atoms with Crippen LogP contribution in [0.3, 0.4) is 0 Å². The molecule has 2 nitrogen and oxygen atoms in total. The van der Waals surface area contributed by atoms with Crippen LogP contribution in [0, 0.1) is 5.41 Å². The molecule has 1 heterocycles. The van der Waals surface area contributed by atoms with Crippen LogP contribution in [0.2, 0.25) is 0 Å². The molecule has 0 aliphatic heterocycles. The predicted molar refractivity (Wildman–Crippen MR) is 57.9 cm³/mol. The number of rotatable bonds is 3. The maximum atomic E-state index is 4.04. The minimum absolute atomic E-state index is 0.324. The lowest BCUT2D eigenvalue weighted by Crippen LogP contribution is -2.36. The van der Waals surface area contributed by atoms with Crippen LogP contribution in [-0.2, 0) is 6.54 Å². The second kappa shape index (κ2) is 4.20. The fourth-order valence-corrected chi connectivity index (χ4v) is 1.43. The third kappa shape index (κ3) is 3.44. The molecule has 0 aromatic carbocycles. The molecule has 0 radical (unpaired) electrons. The van der Waals surface area contributed by atoms with Crippen LogP contribution in [-0.4, -0.2) is 11.0 Å². The molecule has 0 spiro atoms. The Morgan fingerprint density at radius 3 is 2.69 bits per heavy atom. The molecule has 1 aromatic rings. The normalized spacial score (nSPS) is 14.5. The van der Waals surface area contributed by atoms with Crippen LogP contribution in [0.1, 0.15) is 32.6 Å². The molecule has 1 atom stereocenters. The molecule has 0 saturated carbocycles. The Morgan fingerprint density at radius 1 is 1.54 bits per heavy atom. The van der Waals surface area contributed by atoms with Gasteiger partial charge in [-0.2, -0.15) is 0 Å². The van der Waals surface area contributed by atoms with E-state index in [4.69, 9.17) is 0 Å². The topological polar surface area (TPSA) is 24.9 Å². The van der Waals surface area contributed by atoms with Gasteiger partial charge in [-0.1, -0.05) is 20.8 Å². The highest BCUT2D eigenvalue weighted by molar-refractivity contribution is 7.09. The molecule has 1 unspecified atom stereocenters. The quantitative estimate of drug-likeness (QED) is 0.807. The first-order chi connectivity index (χ1) is 6.00. The molecule has 13 heavy (non-hydrogen) atoms. The van der Waals surface area contributed by atoms with E-state index in [2.05, 4.69) is 38.0 Å². The van der Waals surface area contributed by atoms with E-state index in [1.165, 1.54) is 4.88 Å². The van der Waals surface area contributed by atoms with Crippen LogP contribution in [0.4, 0.5) is 0 Å². The minimum atomic E-state index is 0.324. The fraction of sp³-hybridized carbons (Fsp3) is 0.700. The first-order valence-electron chi connectivity index (χ1n) is 4.61. The average Bonchev–Trinajstić information content (AvgIpc) is 2.50. The number of nitrogens with one attached hydrogen (secondary N) is 1. The van der Waals surface area contributed by atoms with Gasteiger partial charge in [0.1, 0.15) is 0 Å². The summed E-state index contributed by atoms with van der Waals surface area (Å²) < 4.78 is 0. The number of hydrogen-bond donors (Lipinski definition) is 1. The highest BCUT2D eigenvalue weighted by Gasteiger charge is 2.18. The van der Waals surface area contributed by atoms with Crippen molar-refractivity contribution in [1.29, 1.82) is 0 Å². The van der Waals surface area contributed by atoms with Gasteiger partial charge in [-0.3, -0.25) is 4.98 Å². The molecule has 0 fully saturated rings. The molecular formula is C10H18N2S. The summed E-state index contributed by atoms with van der Waals surface area (Å²) in [6, 6.07) is 0.523. The minimum Gasteiger partial charge on any atom is -0.309 e. The summed E-state index contributed by atoms with van der Waals surface area (Å²) in [4.78, 5) is 5.34. The van der Waals surface area contributed by atoms with Gasteiger partial charge in [-0.05, 0) is 12.3 Å². The van der Waals surface area contributed by atoms with Crippen molar-refractivity contribution in [3.8, 4) is 0 Å². The Balaban J connectivity index is 2.35. The van der Waals surface area contributed by atoms with Gasteiger partial charge >= 0.3 is 0 Å². The first-order valence-corrected chi connectivity index (χ1v) is 5.49. The van der Waals surface area contributed by atoms with Crippen molar-refractivity contribution < 1.29 is 0 Å². The van der Waals surface area contributed by atoms with E-state index in [0.717, 1.165) is 6.54 Å². The van der Waals surface area contributed by atoms with Gasteiger partial charge in [-0.25, -0.2) is 0 Å². The molecule has 1 N–H and O–H groups in total. The van der Waals surface area contributed by atoms with Gasteiger partial charge in [0, 0.05) is 23.7 Å². The molecule has 0 aliphatic rings. The Labute approximate surface area is 84.4 Å². The third-order valence-corrected chi connectivity index (χ3v) is 3.14. The number of nitrogens with zero attached hydrogens (tertiary/aromatic N) is 1. The van der Waals surface area contributed by atoms with Crippen LogP contribution >= 0.6 is 11.3 Å². The van der Waals surface area contributed by atoms with E-state index >= 15 is 0 Å². The van der Waals surface area contributed by atoms with E-state index in [9.17, 15) is 0 Å². The van der Waals surface area contributed by atoms with Crippen LogP contribution < -0.4 is 5.32 Å². The number of aromatic nitrogens is 1. The predicted octanol–water partition coefficient (Wildman–Crippen LogP) is 2.67. The van der Waals surface area contributed by atoms with Crippen molar-refractivity contribution in [2.75, 3.05) is 0 Å². The maximum Gasteiger partial charge on any atom is 0.0794 e. The van der Waals surface area contributed by atoms with E-state index in [-0.39, 0.29) is 0 Å². The Bertz CT molecular complexity index is 236. The van der Waals surface area contributed by atoms with Crippen molar-refractivity contribution >= 4 is 11.3 Å². The zero-order chi connectivity index (χ0) is 9.90. The average molecular weight is 198 g/mol. The second-order valence-electron chi connectivity index (χ2n) is 4.44. The van der Waals surface area contributed by atoms with Crippen molar-refractivity contribution in [2.24, 2.45) is 5.41 Å². The van der Waals surface area contributed by atoms with Crippen molar-refractivity contribution in [2.45, 2.75) is 40.3 Å². The van der Waals surface area contributed by atoms with E-state index in [1.807, 2.05) is 11.7 Å². The lowest BCUT2D eigenvalue weighted by Gasteiger charge is -2.27. The molecule has 74 valence electrons. The molecule has 0 aliphatic carbocycles. The summed E-state index contributed by atoms with van der Waals surface area (Å²) in [6.07, 6.45) is 1.92. The first kappa shape index (κ1) is 10.7. The van der Waals surface area contributed by atoms with Gasteiger partial charge in [0.25, 0.3) is 0 Å². The monoisotopic (exact) mass is 198 g/mol. The molecular weight excluding hydrogens is 180 g/mol. The zero-order valence-electron chi connectivity index (χ0n) is 8.79. The van der Waals surface area contributed by atoms with Gasteiger partial charge in [-0.15, -0.1) is 11.3 Å². The van der Waals surface area contributed by atoms with Gasteiger partial charge < -0.3 is 5.32 Å². The molecule has 3 heteroatoms. The number of hydrogen-bond acceptors (Lipinski definition) is 3. The summed E-state index contributed by atoms with van der Waals surface area (Å²) in [5.74, 6) is 0. The summed E-state index contributed by atoms with van der Waals surface area (Å²) in [5.41, 5.74) is 2.20. The lowest BCUT2D eigenvalue weighted by molar-refractivity contribution is 0.286. The van der Waals surface area contributed by atoms with E-state index < -0.39 is 0 Å². The van der Waals surface area contributed by atoms with Crippen molar-refractivity contribution in [3.05, 3.63) is 16.6 Å². The Morgan fingerprint density at radius 2 is 2.23 bits per heavy atom. The van der Waals surface area contributed by atoms with Crippen LogP contribution in [0.5, 0.6) is 0 Å². The van der Waals surface area contributed by atoms with E-state index in [1.54, 1.807) is 11.3 Å². The highest BCUT2D eigenvalue weighted by Crippen LogP contribution is 2.19. The van der Waals surface area contributed by atoms with Crippen LogP contribution in [0.15, 0.2) is 11.7 Å².